The van der Waals surface area contributed by atoms with Gasteiger partial charge >= 0.3 is 0 Å². The largest absolute Gasteiger partial charge is 0.355 e. The van der Waals surface area contributed by atoms with Crippen molar-refractivity contribution in [2.24, 2.45) is 0 Å². The van der Waals surface area contributed by atoms with E-state index < -0.39 is 15.4 Å². The number of carbonyl (C=O) groups is 2. The van der Waals surface area contributed by atoms with E-state index in [1.54, 1.807) is 32.0 Å². The summed E-state index contributed by atoms with van der Waals surface area (Å²) in [6.07, 6.45) is 2.79. The molecular formula is C19H27N3O4S. The standard InChI is InChI=1S/C19H27N3O4S/c1-4-20-17(23)13-22-16-9-8-14(12-15(16)19(2,3)18(22)24)27(25,26)21-10-6-5-7-11-21/h8-9,12H,4-7,10-11,13H2,1-3H3,(H,20,23). The van der Waals surface area contributed by atoms with Crippen molar-refractivity contribution in [2.75, 3.05) is 31.1 Å². The number of carbonyl (C=O) groups excluding carboxylic acids is 2. The number of piperidine rings is 1. The topological polar surface area (TPSA) is 86.8 Å². The molecule has 1 aromatic rings. The monoisotopic (exact) mass is 393 g/mol. The first-order valence-corrected chi connectivity index (χ1v) is 10.9. The molecule has 1 aromatic carbocycles. The minimum absolute atomic E-state index is 0.0681. The van der Waals surface area contributed by atoms with Crippen molar-refractivity contribution in [2.45, 2.75) is 50.3 Å². The highest BCUT2D eigenvalue weighted by molar-refractivity contribution is 7.89. The van der Waals surface area contributed by atoms with Gasteiger partial charge in [0.25, 0.3) is 0 Å². The number of hydrogen-bond donors (Lipinski definition) is 1. The maximum atomic E-state index is 13.0. The van der Waals surface area contributed by atoms with E-state index in [-0.39, 0.29) is 23.3 Å². The van der Waals surface area contributed by atoms with Crippen LogP contribution in [-0.2, 0) is 25.0 Å². The zero-order valence-electron chi connectivity index (χ0n) is 16.1. The molecular weight excluding hydrogens is 366 g/mol. The van der Waals surface area contributed by atoms with Gasteiger partial charge in [-0.3, -0.25) is 9.59 Å². The van der Waals surface area contributed by atoms with E-state index in [1.165, 1.54) is 9.21 Å². The molecule has 3 rings (SSSR count). The summed E-state index contributed by atoms with van der Waals surface area (Å²) in [4.78, 5) is 26.5. The molecule has 148 valence electrons. The number of fused-ring (bicyclic) bond motifs is 1. The van der Waals surface area contributed by atoms with Crippen LogP contribution in [0.3, 0.4) is 0 Å². The van der Waals surface area contributed by atoms with Gasteiger partial charge in [0.05, 0.1) is 10.3 Å². The van der Waals surface area contributed by atoms with Crippen LogP contribution in [-0.4, -0.2) is 50.7 Å². The number of nitrogens with zero attached hydrogens (tertiary/aromatic N) is 2. The fourth-order valence-electron chi connectivity index (χ4n) is 3.78. The van der Waals surface area contributed by atoms with Crippen LogP contribution >= 0.6 is 0 Å². The zero-order valence-corrected chi connectivity index (χ0v) is 16.9. The van der Waals surface area contributed by atoms with Gasteiger partial charge in [0, 0.05) is 25.3 Å². The molecule has 7 nitrogen and oxygen atoms in total. The van der Waals surface area contributed by atoms with Crippen molar-refractivity contribution in [3.05, 3.63) is 23.8 Å². The van der Waals surface area contributed by atoms with Gasteiger partial charge in [-0.1, -0.05) is 6.42 Å². The van der Waals surface area contributed by atoms with E-state index in [0.29, 0.717) is 30.9 Å². The molecule has 0 aliphatic carbocycles. The van der Waals surface area contributed by atoms with Gasteiger partial charge in [-0.15, -0.1) is 0 Å². The molecule has 0 saturated carbocycles. The van der Waals surface area contributed by atoms with Crippen molar-refractivity contribution in [3.8, 4) is 0 Å². The number of likely N-dealkylation sites (N-methyl/N-ethyl adjacent to an activating group) is 1. The molecule has 2 aliphatic rings. The predicted molar refractivity (Wildman–Crippen MR) is 103 cm³/mol. The Morgan fingerprint density at radius 1 is 1.19 bits per heavy atom. The summed E-state index contributed by atoms with van der Waals surface area (Å²) in [7, 11) is -3.58. The normalized spacial score (nSPS) is 19.8. The van der Waals surface area contributed by atoms with Crippen LogP contribution in [0.4, 0.5) is 5.69 Å². The molecule has 0 aromatic heterocycles. The lowest BCUT2D eigenvalue weighted by atomic mass is 9.86. The summed E-state index contributed by atoms with van der Waals surface area (Å²) in [5.41, 5.74) is 0.374. The molecule has 27 heavy (non-hydrogen) atoms. The Bertz CT molecular complexity index is 858. The van der Waals surface area contributed by atoms with Crippen molar-refractivity contribution in [1.29, 1.82) is 0 Å². The Hall–Kier alpha value is -1.93. The van der Waals surface area contributed by atoms with Crippen LogP contribution in [0, 0.1) is 0 Å². The highest BCUT2D eigenvalue weighted by Gasteiger charge is 2.45. The summed E-state index contributed by atoms with van der Waals surface area (Å²) in [6, 6.07) is 4.80. The molecule has 0 atom stereocenters. The van der Waals surface area contributed by atoms with Gasteiger partial charge in [0.1, 0.15) is 6.54 Å². The second kappa shape index (κ2) is 7.24. The fourth-order valence-corrected chi connectivity index (χ4v) is 5.33. The van der Waals surface area contributed by atoms with Crippen LogP contribution < -0.4 is 10.2 Å². The molecule has 0 unspecified atom stereocenters. The molecule has 2 heterocycles. The molecule has 0 spiro atoms. The van der Waals surface area contributed by atoms with Crippen molar-refractivity contribution >= 4 is 27.5 Å². The Morgan fingerprint density at radius 2 is 1.85 bits per heavy atom. The zero-order chi connectivity index (χ0) is 19.8. The highest BCUT2D eigenvalue weighted by atomic mass is 32.2. The quantitative estimate of drug-likeness (QED) is 0.824. The Balaban J connectivity index is 1.97. The van der Waals surface area contributed by atoms with Crippen LogP contribution in [0.1, 0.15) is 45.6 Å². The lowest BCUT2D eigenvalue weighted by Crippen LogP contribution is -2.42. The summed E-state index contributed by atoms with van der Waals surface area (Å²) >= 11 is 0. The van der Waals surface area contributed by atoms with Crippen LogP contribution in [0.25, 0.3) is 0 Å². The molecule has 8 heteroatoms. The Kier molecular flexibility index (Phi) is 5.31. The first kappa shape index (κ1) is 19.8. The Morgan fingerprint density at radius 3 is 2.48 bits per heavy atom. The van der Waals surface area contributed by atoms with Crippen LogP contribution in [0.2, 0.25) is 0 Å². The van der Waals surface area contributed by atoms with Crippen molar-refractivity contribution in [3.63, 3.8) is 0 Å². The number of rotatable bonds is 5. The van der Waals surface area contributed by atoms with Gasteiger partial charge in [0.2, 0.25) is 21.8 Å². The fraction of sp³-hybridized carbons (Fsp3) is 0.579. The lowest BCUT2D eigenvalue weighted by molar-refractivity contribution is -0.125. The minimum Gasteiger partial charge on any atom is -0.355 e. The van der Waals surface area contributed by atoms with Gasteiger partial charge in [-0.05, 0) is 57.4 Å². The number of amides is 2. The third kappa shape index (κ3) is 3.48. The van der Waals surface area contributed by atoms with Crippen LogP contribution in [0.15, 0.2) is 23.1 Å². The van der Waals surface area contributed by atoms with Gasteiger partial charge in [0.15, 0.2) is 0 Å². The number of hydrogen-bond acceptors (Lipinski definition) is 4. The van der Waals surface area contributed by atoms with Crippen LogP contribution in [0.5, 0.6) is 0 Å². The minimum atomic E-state index is -3.58. The van der Waals surface area contributed by atoms with E-state index in [9.17, 15) is 18.0 Å². The molecule has 0 bridgehead atoms. The maximum Gasteiger partial charge on any atom is 0.243 e. The average molecular weight is 394 g/mol. The van der Waals surface area contributed by atoms with E-state index >= 15 is 0 Å². The second-order valence-electron chi connectivity index (χ2n) is 7.61. The van der Waals surface area contributed by atoms with E-state index in [4.69, 9.17) is 0 Å². The van der Waals surface area contributed by atoms with Gasteiger partial charge in [-0.25, -0.2) is 8.42 Å². The second-order valence-corrected chi connectivity index (χ2v) is 9.55. The maximum absolute atomic E-state index is 13.0. The smallest absolute Gasteiger partial charge is 0.243 e. The summed E-state index contributed by atoms with van der Waals surface area (Å²) < 4.78 is 27.5. The molecule has 1 N–H and O–H groups in total. The number of anilines is 1. The molecule has 1 fully saturated rings. The van der Waals surface area contributed by atoms with Crippen molar-refractivity contribution < 1.29 is 18.0 Å². The molecule has 1 saturated heterocycles. The summed E-state index contributed by atoms with van der Waals surface area (Å²) in [5, 5.41) is 2.69. The Labute approximate surface area is 160 Å². The first-order chi connectivity index (χ1) is 12.7. The molecule has 2 aliphatic heterocycles. The average Bonchev–Trinajstić information content (AvgIpc) is 2.83. The SMILES string of the molecule is CCNC(=O)CN1C(=O)C(C)(C)c2cc(S(=O)(=O)N3CCCCC3)ccc21. The third-order valence-corrected chi connectivity index (χ3v) is 7.24. The third-order valence-electron chi connectivity index (χ3n) is 5.34. The van der Waals surface area contributed by atoms with E-state index in [0.717, 1.165) is 19.3 Å². The van der Waals surface area contributed by atoms with Crippen molar-refractivity contribution in [1.82, 2.24) is 9.62 Å². The number of benzene rings is 1. The summed E-state index contributed by atoms with van der Waals surface area (Å²) in [5.74, 6) is -0.434. The van der Waals surface area contributed by atoms with Gasteiger partial charge < -0.3 is 10.2 Å². The first-order valence-electron chi connectivity index (χ1n) is 9.43. The highest BCUT2D eigenvalue weighted by Crippen LogP contribution is 2.42. The lowest BCUT2D eigenvalue weighted by Gasteiger charge is -2.26. The molecule has 0 radical (unpaired) electrons. The molecule has 2 amide bonds. The predicted octanol–water partition coefficient (Wildman–Crippen LogP) is 1.62. The number of nitrogens with one attached hydrogen (secondary N) is 1. The number of sulfonamides is 1. The van der Waals surface area contributed by atoms with Gasteiger partial charge in [-0.2, -0.15) is 4.31 Å². The summed E-state index contributed by atoms with van der Waals surface area (Å²) in [6.45, 7) is 6.84. The van der Waals surface area contributed by atoms with E-state index in [2.05, 4.69) is 5.32 Å². The van der Waals surface area contributed by atoms with E-state index in [1.807, 2.05) is 6.92 Å².